The van der Waals surface area contributed by atoms with Crippen molar-refractivity contribution in [2.75, 3.05) is 14.2 Å². The third-order valence-corrected chi connectivity index (χ3v) is 3.09. The van der Waals surface area contributed by atoms with Crippen molar-refractivity contribution in [3.63, 3.8) is 0 Å². The summed E-state index contributed by atoms with van der Waals surface area (Å²) in [6.07, 6.45) is 0. The molecule has 0 N–H and O–H groups in total. The van der Waals surface area contributed by atoms with Gasteiger partial charge in [0, 0.05) is 12.1 Å². The molecular formula is C14H10BF5O2. The van der Waals surface area contributed by atoms with Crippen molar-refractivity contribution in [2.45, 2.75) is 0 Å². The quantitative estimate of drug-likeness (QED) is 0.486. The first-order valence-electron chi connectivity index (χ1n) is 6.11. The number of benzene rings is 2. The number of ether oxygens (including phenoxy) is 2. The Bertz CT molecular complexity index is 721. The van der Waals surface area contributed by atoms with Crippen molar-refractivity contribution in [3.05, 3.63) is 47.3 Å². The van der Waals surface area contributed by atoms with Gasteiger partial charge in [-0.2, -0.15) is 0 Å². The minimum Gasteiger partial charge on any atom is -0.494 e. The van der Waals surface area contributed by atoms with Crippen LogP contribution in [0.1, 0.15) is 0 Å². The molecule has 0 aliphatic carbocycles. The molecule has 22 heavy (non-hydrogen) atoms. The molecule has 0 atom stereocenters. The standard InChI is InChI=1S/C14H10BF5O2/c1-21-10-5-8(17)12(19)11(13(10)20)15-7-3-6(16)4-9(18)14(7)22-2/h3-5,15H,1-2H3. The van der Waals surface area contributed by atoms with Crippen molar-refractivity contribution >= 4 is 18.2 Å². The predicted molar refractivity (Wildman–Crippen MR) is 72.2 cm³/mol. The highest BCUT2D eigenvalue weighted by atomic mass is 19.2. The maximum Gasteiger partial charge on any atom is 0.205 e. The van der Waals surface area contributed by atoms with Crippen LogP contribution in [-0.4, -0.2) is 21.5 Å². The minimum absolute atomic E-state index is 0.162. The molecule has 8 heteroatoms. The van der Waals surface area contributed by atoms with Gasteiger partial charge in [-0.3, -0.25) is 0 Å². The molecule has 0 fully saturated rings. The summed E-state index contributed by atoms with van der Waals surface area (Å²) in [5.41, 5.74) is -0.870. The molecule has 0 spiro atoms. The second-order valence-corrected chi connectivity index (χ2v) is 4.42. The van der Waals surface area contributed by atoms with Gasteiger partial charge in [0.05, 0.1) is 14.2 Å². The molecule has 116 valence electrons. The molecule has 0 aromatic heterocycles. The number of hydrogen-bond acceptors (Lipinski definition) is 2. The lowest BCUT2D eigenvalue weighted by atomic mass is 9.63. The summed E-state index contributed by atoms with van der Waals surface area (Å²) in [6, 6.07) is 1.98. The normalized spacial score (nSPS) is 10.5. The number of halogens is 5. The molecule has 0 saturated heterocycles. The smallest absolute Gasteiger partial charge is 0.205 e. The molecule has 0 saturated carbocycles. The fraction of sp³-hybridized carbons (Fsp3) is 0.143. The van der Waals surface area contributed by atoms with Gasteiger partial charge in [0.25, 0.3) is 0 Å². The molecule has 2 nitrogen and oxygen atoms in total. The van der Waals surface area contributed by atoms with Crippen LogP contribution in [0.25, 0.3) is 0 Å². The molecule has 0 unspecified atom stereocenters. The van der Waals surface area contributed by atoms with Crippen LogP contribution in [0.2, 0.25) is 0 Å². The fourth-order valence-electron chi connectivity index (χ4n) is 2.10. The Hall–Kier alpha value is -2.25. The van der Waals surface area contributed by atoms with Gasteiger partial charge in [0.2, 0.25) is 7.28 Å². The van der Waals surface area contributed by atoms with Crippen molar-refractivity contribution in [3.8, 4) is 11.5 Å². The van der Waals surface area contributed by atoms with E-state index in [0.717, 1.165) is 20.3 Å². The molecule has 0 aliphatic heterocycles. The molecule has 0 radical (unpaired) electrons. The average molecular weight is 316 g/mol. The van der Waals surface area contributed by atoms with E-state index < -0.39 is 47.6 Å². The van der Waals surface area contributed by atoms with Crippen LogP contribution in [-0.2, 0) is 0 Å². The van der Waals surface area contributed by atoms with E-state index in [-0.39, 0.29) is 11.2 Å². The molecule has 2 aromatic carbocycles. The van der Waals surface area contributed by atoms with E-state index in [1.807, 2.05) is 0 Å². The summed E-state index contributed by atoms with van der Waals surface area (Å²) in [5, 5.41) is 0. The van der Waals surface area contributed by atoms with Crippen LogP contribution in [0, 0.1) is 29.1 Å². The van der Waals surface area contributed by atoms with Crippen molar-refractivity contribution in [2.24, 2.45) is 0 Å². The summed E-state index contributed by atoms with van der Waals surface area (Å²) in [5.74, 6) is -6.78. The number of methoxy groups -OCH3 is 2. The number of hydrogen-bond donors (Lipinski definition) is 0. The minimum atomic E-state index is -1.45. The van der Waals surface area contributed by atoms with E-state index in [9.17, 15) is 22.0 Å². The molecule has 2 aromatic rings. The highest BCUT2D eigenvalue weighted by Gasteiger charge is 2.23. The number of rotatable bonds is 4. The van der Waals surface area contributed by atoms with Crippen LogP contribution in [0.5, 0.6) is 11.5 Å². The van der Waals surface area contributed by atoms with E-state index >= 15 is 0 Å². The Morgan fingerprint density at radius 3 is 2.09 bits per heavy atom. The van der Waals surface area contributed by atoms with E-state index in [0.29, 0.717) is 12.1 Å². The monoisotopic (exact) mass is 316 g/mol. The summed E-state index contributed by atoms with van der Waals surface area (Å²) < 4.78 is 77.6. The zero-order chi connectivity index (χ0) is 16.4. The second kappa shape index (κ2) is 6.25. The second-order valence-electron chi connectivity index (χ2n) is 4.42. The van der Waals surface area contributed by atoms with Crippen molar-refractivity contribution in [1.82, 2.24) is 0 Å². The fourth-order valence-corrected chi connectivity index (χ4v) is 2.10. The van der Waals surface area contributed by atoms with Gasteiger partial charge in [-0.1, -0.05) is 0 Å². The molecule has 0 heterocycles. The highest BCUT2D eigenvalue weighted by Crippen LogP contribution is 2.20. The van der Waals surface area contributed by atoms with Gasteiger partial charge in [-0.15, -0.1) is 0 Å². The van der Waals surface area contributed by atoms with E-state index in [1.165, 1.54) is 0 Å². The van der Waals surface area contributed by atoms with E-state index in [2.05, 4.69) is 4.74 Å². The summed E-state index contributed by atoms with van der Waals surface area (Å²) in [4.78, 5) is 0. The SMILES string of the molecule is COc1cc(F)c(F)c(Bc2cc(F)cc(F)c2OC)c1F. The Balaban J connectivity index is 2.59. The molecule has 0 bridgehead atoms. The van der Waals surface area contributed by atoms with Crippen LogP contribution in [0.4, 0.5) is 22.0 Å². The maximum absolute atomic E-state index is 14.1. The van der Waals surface area contributed by atoms with Gasteiger partial charge in [-0.05, 0) is 17.0 Å². The lowest BCUT2D eigenvalue weighted by Crippen LogP contribution is -2.35. The Kier molecular flexibility index (Phi) is 4.58. The summed E-state index contributed by atoms with van der Waals surface area (Å²) in [6.45, 7) is 0. The van der Waals surface area contributed by atoms with Crippen molar-refractivity contribution in [1.29, 1.82) is 0 Å². The molecular weight excluding hydrogens is 306 g/mol. The largest absolute Gasteiger partial charge is 0.494 e. The molecule has 0 aliphatic rings. The zero-order valence-corrected chi connectivity index (χ0v) is 11.6. The third-order valence-electron chi connectivity index (χ3n) is 3.09. The Morgan fingerprint density at radius 2 is 1.50 bits per heavy atom. The lowest BCUT2D eigenvalue weighted by molar-refractivity contribution is 0.379. The van der Waals surface area contributed by atoms with E-state index in [4.69, 9.17) is 4.74 Å². The third kappa shape index (κ3) is 2.86. The van der Waals surface area contributed by atoms with Crippen LogP contribution in [0.15, 0.2) is 18.2 Å². The van der Waals surface area contributed by atoms with Gasteiger partial charge < -0.3 is 9.47 Å². The average Bonchev–Trinajstić information content (AvgIpc) is 2.47. The first-order valence-corrected chi connectivity index (χ1v) is 6.11. The predicted octanol–water partition coefficient (Wildman–Crippen LogP) is 1.79. The first-order chi connectivity index (χ1) is 10.4. The van der Waals surface area contributed by atoms with Crippen LogP contribution >= 0.6 is 0 Å². The highest BCUT2D eigenvalue weighted by molar-refractivity contribution is 6.68. The van der Waals surface area contributed by atoms with Gasteiger partial charge in [0.1, 0.15) is 11.6 Å². The van der Waals surface area contributed by atoms with Gasteiger partial charge in [-0.25, -0.2) is 22.0 Å². The van der Waals surface area contributed by atoms with Crippen LogP contribution < -0.4 is 20.4 Å². The van der Waals surface area contributed by atoms with Gasteiger partial charge >= 0.3 is 0 Å². The van der Waals surface area contributed by atoms with E-state index in [1.54, 1.807) is 0 Å². The Morgan fingerprint density at radius 1 is 0.818 bits per heavy atom. The lowest BCUT2D eigenvalue weighted by Gasteiger charge is -2.12. The van der Waals surface area contributed by atoms with Crippen molar-refractivity contribution < 1.29 is 31.4 Å². The van der Waals surface area contributed by atoms with Gasteiger partial charge in [0.15, 0.2) is 29.0 Å². The maximum atomic E-state index is 14.1. The first kappa shape index (κ1) is 16.1. The topological polar surface area (TPSA) is 18.5 Å². The molecule has 0 amide bonds. The molecule has 2 rings (SSSR count). The summed E-state index contributed by atoms with van der Waals surface area (Å²) in [7, 11) is 1.60. The Labute approximate surface area is 123 Å². The zero-order valence-electron chi connectivity index (χ0n) is 11.6. The van der Waals surface area contributed by atoms with Crippen LogP contribution in [0.3, 0.4) is 0 Å². The summed E-state index contributed by atoms with van der Waals surface area (Å²) >= 11 is 0.